The molecule has 1 N–H and O–H groups in total. The first-order valence-electron chi connectivity index (χ1n) is 13.0. The van der Waals surface area contributed by atoms with Crippen LogP contribution in [0, 0.1) is 13.8 Å². The van der Waals surface area contributed by atoms with E-state index in [0.29, 0.717) is 24.5 Å². The Morgan fingerprint density at radius 1 is 1.05 bits per heavy atom. The fourth-order valence-electron chi connectivity index (χ4n) is 5.00. The van der Waals surface area contributed by atoms with Gasteiger partial charge in [0.25, 0.3) is 5.56 Å². The number of nitrogens with zero attached hydrogens (tertiary/aromatic N) is 5. The topological polar surface area (TPSA) is 92.8 Å². The Balaban J connectivity index is 1.75. The van der Waals surface area contributed by atoms with Crippen LogP contribution in [-0.4, -0.2) is 30.1 Å². The van der Waals surface area contributed by atoms with Crippen molar-refractivity contribution in [2.75, 3.05) is 0 Å². The summed E-state index contributed by atoms with van der Waals surface area (Å²) < 4.78 is 7.63. The first-order chi connectivity index (χ1) is 18.3. The Morgan fingerprint density at radius 3 is 2.55 bits per heavy atom. The zero-order valence-electron chi connectivity index (χ0n) is 22.6. The molecule has 0 saturated heterocycles. The number of furan rings is 1. The molecule has 0 fully saturated rings. The monoisotopic (exact) mass is 510 g/mol. The Labute approximate surface area is 222 Å². The second-order valence-corrected chi connectivity index (χ2v) is 10.6. The second kappa shape index (κ2) is 10.4. The summed E-state index contributed by atoms with van der Waals surface area (Å²) in [5.74, 6) is 1.41. The molecule has 5 rings (SSSR count). The number of aromatic nitrogens is 5. The van der Waals surface area contributed by atoms with Gasteiger partial charge in [0, 0.05) is 23.0 Å². The molecule has 3 heterocycles. The summed E-state index contributed by atoms with van der Waals surface area (Å²) in [6.45, 7) is 11.5. The third-order valence-corrected chi connectivity index (χ3v) is 7.35. The van der Waals surface area contributed by atoms with Crippen molar-refractivity contribution in [1.29, 1.82) is 0 Å². The summed E-state index contributed by atoms with van der Waals surface area (Å²) in [7, 11) is 0. The maximum Gasteiger partial charge on any atom is 0.253 e. The van der Waals surface area contributed by atoms with Gasteiger partial charge < -0.3 is 9.40 Å². The molecule has 0 amide bonds. The smallest absolute Gasteiger partial charge is 0.253 e. The fourth-order valence-corrected chi connectivity index (χ4v) is 5.00. The van der Waals surface area contributed by atoms with Crippen molar-refractivity contribution in [3.8, 4) is 0 Å². The summed E-state index contributed by atoms with van der Waals surface area (Å²) in [5.41, 5.74) is 4.23. The Hall–Kier alpha value is -4.04. The van der Waals surface area contributed by atoms with Crippen LogP contribution in [0.3, 0.4) is 0 Å². The molecule has 0 radical (unpaired) electrons. The Bertz CT molecular complexity index is 1580. The predicted octanol–water partition coefficient (Wildman–Crippen LogP) is 5.66. The molecule has 2 aromatic carbocycles. The molecular weight excluding hydrogens is 476 g/mol. The van der Waals surface area contributed by atoms with Gasteiger partial charge in [0.05, 0.1) is 18.3 Å². The number of fused-ring (bicyclic) bond motifs is 1. The highest BCUT2D eigenvalue weighted by molar-refractivity contribution is 5.83. The lowest BCUT2D eigenvalue weighted by atomic mass is 9.97. The van der Waals surface area contributed by atoms with E-state index in [4.69, 9.17) is 4.42 Å². The lowest BCUT2D eigenvalue weighted by Gasteiger charge is -2.33. The largest absolute Gasteiger partial charge is 0.468 e. The van der Waals surface area contributed by atoms with Crippen molar-refractivity contribution in [3.05, 3.63) is 111 Å². The number of hydrogen-bond acceptors (Lipinski definition) is 6. The van der Waals surface area contributed by atoms with Crippen LogP contribution in [0.5, 0.6) is 0 Å². The number of hydrogen-bond donors (Lipinski definition) is 1. The van der Waals surface area contributed by atoms with Gasteiger partial charge in [0.2, 0.25) is 0 Å². The standard InChI is InChI=1S/C30H34N6O2/c1-6-30(4,5)36-28(32-33-34-36)27(25-17-24-21(3)15-20(2)16-26(24)31-29(25)37)35(19-23-13-10-14-38-23)18-22-11-8-7-9-12-22/h7-17,27H,6,18-19H2,1-5H3,(H,31,37). The molecule has 0 aliphatic carbocycles. The molecule has 0 spiro atoms. The predicted molar refractivity (Wildman–Crippen MR) is 148 cm³/mol. The first kappa shape index (κ1) is 25.6. The van der Waals surface area contributed by atoms with Crippen LogP contribution in [0.1, 0.15) is 67.1 Å². The third kappa shape index (κ3) is 5.04. The van der Waals surface area contributed by atoms with Crippen LogP contribution in [0.4, 0.5) is 0 Å². The average molecular weight is 511 g/mol. The lowest BCUT2D eigenvalue weighted by Crippen LogP contribution is -2.38. The molecule has 0 bridgehead atoms. The average Bonchev–Trinajstić information content (AvgIpc) is 3.58. The van der Waals surface area contributed by atoms with E-state index in [2.05, 4.69) is 71.3 Å². The highest BCUT2D eigenvalue weighted by Gasteiger charge is 2.35. The van der Waals surface area contributed by atoms with E-state index in [1.54, 1.807) is 6.26 Å². The first-order valence-corrected chi connectivity index (χ1v) is 13.0. The Kier molecular flexibility index (Phi) is 6.99. The summed E-state index contributed by atoms with van der Waals surface area (Å²) in [5, 5.41) is 14.0. The van der Waals surface area contributed by atoms with E-state index in [1.807, 2.05) is 54.1 Å². The van der Waals surface area contributed by atoms with Gasteiger partial charge in [0.1, 0.15) is 11.8 Å². The van der Waals surface area contributed by atoms with Crippen molar-refractivity contribution in [1.82, 2.24) is 30.1 Å². The summed E-state index contributed by atoms with van der Waals surface area (Å²) >= 11 is 0. The van der Waals surface area contributed by atoms with Gasteiger partial charge in [-0.25, -0.2) is 4.68 Å². The molecule has 1 atom stereocenters. The van der Waals surface area contributed by atoms with Crippen molar-refractivity contribution >= 4 is 10.9 Å². The summed E-state index contributed by atoms with van der Waals surface area (Å²) in [4.78, 5) is 19.2. The second-order valence-electron chi connectivity index (χ2n) is 10.6. The van der Waals surface area contributed by atoms with Crippen LogP contribution in [0.2, 0.25) is 0 Å². The van der Waals surface area contributed by atoms with Gasteiger partial charge in [-0.15, -0.1) is 5.10 Å². The summed E-state index contributed by atoms with van der Waals surface area (Å²) in [6.07, 6.45) is 2.49. The Morgan fingerprint density at radius 2 is 1.84 bits per heavy atom. The lowest BCUT2D eigenvalue weighted by molar-refractivity contribution is 0.168. The van der Waals surface area contributed by atoms with Crippen LogP contribution in [-0.2, 0) is 18.6 Å². The third-order valence-electron chi connectivity index (χ3n) is 7.35. The molecule has 0 aliphatic heterocycles. The molecule has 0 aliphatic rings. The number of pyridine rings is 1. The molecular formula is C30H34N6O2. The molecule has 8 heteroatoms. The van der Waals surface area contributed by atoms with E-state index in [1.165, 1.54) is 0 Å². The van der Waals surface area contributed by atoms with Crippen molar-refractivity contribution in [2.45, 2.75) is 65.7 Å². The number of tetrazole rings is 1. The van der Waals surface area contributed by atoms with E-state index in [-0.39, 0.29) is 11.1 Å². The van der Waals surface area contributed by atoms with E-state index in [9.17, 15) is 4.79 Å². The zero-order valence-corrected chi connectivity index (χ0v) is 22.6. The van der Waals surface area contributed by atoms with Crippen molar-refractivity contribution in [2.24, 2.45) is 0 Å². The molecule has 196 valence electrons. The zero-order chi connectivity index (χ0) is 26.9. The maximum atomic E-state index is 13.8. The van der Waals surface area contributed by atoms with Crippen LogP contribution in [0.25, 0.3) is 10.9 Å². The normalized spacial score (nSPS) is 12.9. The minimum Gasteiger partial charge on any atom is -0.468 e. The van der Waals surface area contributed by atoms with Crippen LogP contribution < -0.4 is 5.56 Å². The number of aromatic amines is 1. The number of nitrogens with one attached hydrogen (secondary N) is 1. The van der Waals surface area contributed by atoms with E-state index in [0.717, 1.165) is 39.8 Å². The molecule has 8 nitrogen and oxygen atoms in total. The van der Waals surface area contributed by atoms with Gasteiger partial charge in [-0.1, -0.05) is 43.3 Å². The highest BCUT2D eigenvalue weighted by Crippen LogP contribution is 2.33. The van der Waals surface area contributed by atoms with Gasteiger partial charge in [-0.2, -0.15) is 0 Å². The fraction of sp³-hybridized carbons (Fsp3) is 0.333. The molecule has 1 unspecified atom stereocenters. The van der Waals surface area contributed by atoms with Gasteiger partial charge in [-0.05, 0) is 85.5 Å². The van der Waals surface area contributed by atoms with Crippen molar-refractivity contribution in [3.63, 3.8) is 0 Å². The van der Waals surface area contributed by atoms with Crippen molar-refractivity contribution < 1.29 is 4.42 Å². The number of rotatable bonds is 9. The van der Waals surface area contributed by atoms with Crippen LogP contribution in [0.15, 0.2) is 76.1 Å². The van der Waals surface area contributed by atoms with Gasteiger partial charge in [0.15, 0.2) is 5.82 Å². The molecule has 5 aromatic rings. The molecule has 3 aromatic heterocycles. The van der Waals surface area contributed by atoms with Gasteiger partial charge >= 0.3 is 0 Å². The van der Waals surface area contributed by atoms with Crippen LogP contribution >= 0.6 is 0 Å². The minimum atomic E-state index is -0.532. The number of H-pyrrole nitrogens is 1. The number of benzene rings is 2. The molecule has 0 saturated carbocycles. The minimum absolute atomic E-state index is 0.158. The SMILES string of the molecule is CCC(C)(C)n1nnnc1C(c1cc2c(C)cc(C)cc2[nH]c1=O)N(Cc1ccccc1)Cc1ccco1. The van der Waals surface area contributed by atoms with E-state index >= 15 is 0 Å². The quantitative estimate of drug-likeness (QED) is 0.275. The highest BCUT2D eigenvalue weighted by atomic mass is 16.3. The van der Waals surface area contributed by atoms with E-state index < -0.39 is 6.04 Å². The molecule has 38 heavy (non-hydrogen) atoms. The van der Waals surface area contributed by atoms with Gasteiger partial charge in [-0.3, -0.25) is 9.69 Å². The summed E-state index contributed by atoms with van der Waals surface area (Å²) in [6, 6.07) is 19.7. The number of aryl methyl sites for hydroxylation is 2. The maximum absolute atomic E-state index is 13.8.